The lowest BCUT2D eigenvalue weighted by Gasteiger charge is -2.20. The van der Waals surface area contributed by atoms with E-state index < -0.39 is 12.1 Å². The normalized spacial score (nSPS) is 13.4. The van der Waals surface area contributed by atoms with E-state index in [9.17, 15) is 10.1 Å². The number of rotatable bonds is 7. The highest BCUT2D eigenvalue weighted by Crippen LogP contribution is 2.27. The van der Waals surface area contributed by atoms with Crippen LogP contribution >= 0.6 is 0 Å². The van der Waals surface area contributed by atoms with E-state index in [1.807, 2.05) is 12.1 Å². The van der Waals surface area contributed by atoms with Crippen LogP contribution in [0.5, 0.6) is 5.75 Å². The molecule has 1 aromatic heterocycles. The van der Waals surface area contributed by atoms with Gasteiger partial charge in [-0.3, -0.25) is 10.1 Å². The number of anilines is 1. The van der Waals surface area contributed by atoms with Crippen molar-refractivity contribution in [1.82, 2.24) is 0 Å². The van der Waals surface area contributed by atoms with Gasteiger partial charge in [0.25, 0.3) is 0 Å². The lowest BCUT2D eigenvalue weighted by molar-refractivity contribution is -0.526. The van der Waals surface area contributed by atoms with Gasteiger partial charge in [-0.05, 0) is 36.4 Å². The molecular formula is C15H18N2O4. The minimum absolute atomic E-state index is 0.274. The zero-order chi connectivity index (χ0) is 15.2. The molecule has 112 valence electrons. The Balaban J connectivity index is 2.25. The highest BCUT2D eigenvalue weighted by atomic mass is 16.6. The second kappa shape index (κ2) is 6.78. The third kappa shape index (κ3) is 3.53. The van der Waals surface area contributed by atoms with E-state index in [1.54, 1.807) is 38.3 Å². The van der Waals surface area contributed by atoms with E-state index in [0.29, 0.717) is 12.2 Å². The molecule has 1 N–H and O–H groups in total. The van der Waals surface area contributed by atoms with Gasteiger partial charge in [-0.1, -0.05) is 6.92 Å². The van der Waals surface area contributed by atoms with Gasteiger partial charge >= 0.3 is 0 Å². The smallest absolute Gasteiger partial charge is 0.239 e. The van der Waals surface area contributed by atoms with Crippen molar-refractivity contribution >= 4 is 5.69 Å². The molecular weight excluding hydrogens is 272 g/mol. The number of hydrogen-bond donors (Lipinski definition) is 1. The third-order valence-corrected chi connectivity index (χ3v) is 3.34. The minimum Gasteiger partial charge on any atom is -0.497 e. The number of nitrogens with one attached hydrogen (secondary N) is 1. The van der Waals surface area contributed by atoms with Crippen LogP contribution in [0.4, 0.5) is 5.69 Å². The molecule has 0 aliphatic heterocycles. The van der Waals surface area contributed by atoms with E-state index >= 15 is 0 Å². The van der Waals surface area contributed by atoms with Gasteiger partial charge in [0.1, 0.15) is 11.5 Å². The fraction of sp³-hybridized carbons (Fsp3) is 0.333. The van der Waals surface area contributed by atoms with Crippen molar-refractivity contribution < 1.29 is 14.1 Å². The molecule has 0 amide bonds. The van der Waals surface area contributed by atoms with Crippen molar-refractivity contribution in [3.8, 4) is 5.75 Å². The third-order valence-electron chi connectivity index (χ3n) is 3.34. The van der Waals surface area contributed by atoms with Crippen molar-refractivity contribution in [1.29, 1.82) is 0 Å². The van der Waals surface area contributed by atoms with Crippen LogP contribution in [0.2, 0.25) is 0 Å². The maximum Gasteiger partial charge on any atom is 0.239 e. The second-order valence-corrected chi connectivity index (χ2v) is 4.63. The van der Waals surface area contributed by atoms with E-state index in [1.165, 1.54) is 6.26 Å². The Kier molecular flexibility index (Phi) is 4.81. The topological polar surface area (TPSA) is 77.5 Å². The van der Waals surface area contributed by atoms with Crippen LogP contribution in [-0.2, 0) is 0 Å². The van der Waals surface area contributed by atoms with Gasteiger partial charge in [-0.15, -0.1) is 0 Å². The van der Waals surface area contributed by atoms with E-state index in [-0.39, 0.29) is 4.92 Å². The van der Waals surface area contributed by atoms with Gasteiger partial charge in [0.2, 0.25) is 6.04 Å². The zero-order valence-electron chi connectivity index (χ0n) is 12.0. The average molecular weight is 290 g/mol. The standard InChI is InChI=1S/C15H18N2O4/c1-3-13(17(18)19)15(14-5-4-10-21-14)16-11-6-8-12(20-2)9-7-11/h4-10,13,15-16H,3H2,1-2H3/t13-,15+/m1/s1. The largest absolute Gasteiger partial charge is 0.497 e. The summed E-state index contributed by atoms with van der Waals surface area (Å²) in [6, 6.07) is 9.43. The monoisotopic (exact) mass is 290 g/mol. The van der Waals surface area contributed by atoms with Crippen LogP contribution < -0.4 is 10.1 Å². The Labute approximate surface area is 122 Å². The summed E-state index contributed by atoms with van der Waals surface area (Å²) in [6.45, 7) is 1.79. The molecule has 0 spiro atoms. The highest BCUT2D eigenvalue weighted by Gasteiger charge is 2.33. The van der Waals surface area contributed by atoms with Gasteiger partial charge in [-0.25, -0.2) is 0 Å². The molecule has 2 aromatic rings. The number of hydrogen-bond acceptors (Lipinski definition) is 5. The first-order valence-electron chi connectivity index (χ1n) is 6.73. The summed E-state index contributed by atoms with van der Waals surface area (Å²) in [7, 11) is 1.59. The SMILES string of the molecule is CC[C@H]([C@H](Nc1ccc(OC)cc1)c1ccco1)[N+](=O)[O-]. The number of nitro groups is 1. The van der Waals surface area contributed by atoms with Gasteiger partial charge in [0.15, 0.2) is 6.04 Å². The molecule has 0 unspecified atom stereocenters. The van der Waals surface area contributed by atoms with E-state index in [0.717, 1.165) is 11.4 Å². The van der Waals surface area contributed by atoms with Gasteiger partial charge < -0.3 is 14.5 Å². The van der Waals surface area contributed by atoms with E-state index in [4.69, 9.17) is 9.15 Å². The molecule has 1 aromatic carbocycles. The molecule has 0 fully saturated rings. The van der Waals surface area contributed by atoms with Crippen LogP contribution in [-0.4, -0.2) is 18.1 Å². The summed E-state index contributed by atoms with van der Waals surface area (Å²) in [4.78, 5) is 11.0. The second-order valence-electron chi connectivity index (χ2n) is 4.63. The molecule has 6 nitrogen and oxygen atoms in total. The Morgan fingerprint density at radius 3 is 2.52 bits per heavy atom. The number of nitrogens with zero attached hydrogens (tertiary/aromatic N) is 1. The molecule has 1 heterocycles. The molecule has 0 bridgehead atoms. The van der Waals surface area contributed by atoms with Crippen molar-refractivity contribution in [3.05, 3.63) is 58.5 Å². The fourth-order valence-electron chi connectivity index (χ4n) is 2.20. The van der Waals surface area contributed by atoms with E-state index in [2.05, 4.69) is 5.32 Å². The first kappa shape index (κ1) is 14.9. The van der Waals surface area contributed by atoms with Crippen LogP contribution in [0, 0.1) is 10.1 Å². The number of methoxy groups -OCH3 is 1. The van der Waals surface area contributed by atoms with Crippen LogP contribution in [0.25, 0.3) is 0 Å². The quantitative estimate of drug-likeness (QED) is 0.623. The maximum absolute atomic E-state index is 11.3. The molecule has 0 saturated carbocycles. The zero-order valence-corrected chi connectivity index (χ0v) is 12.0. The Bertz CT molecular complexity index is 566. The first-order chi connectivity index (χ1) is 10.2. The van der Waals surface area contributed by atoms with Crippen molar-refractivity contribution in [2.75, 3.05) is 12.4 Å². The van der Waals surface area contributed by atoms with Crippen LogP contribution in [0.3, 0.4) is 0 Å². The van der Waals surface area contributed by atoms with Crippen LogP contribution in [0.15, 0.2) is 47.1 Å². The Morgan fingerprint density at radius 2 is 2.05 bits per heavy atom. The van der Waals surface area contributed by atoms with Gasteiger partial charge in [0, 0.05) is 17.0 Å². The summed E-state index contributed by atoms with van der Waals surface area (Å²) in [5.41, 5.74) is 0.775. The van der Waals surface area contributed by atoms with Crippen molar-refractivity contribution in [2.45, 2.75) is 25.4 Å². The predicted octanol–water partition coefficient (Wildman–Crippen LogP) is 3.50. The van der Waals surface area contributed by atoms with Gasteiger partial charge in [-0.2, -0.15) is 0 Å². The minimum atomic E-state index is -0.766. The van der Waals surface area contributed by atoms with Crippen LogP contribution in [0.1, 0.15) is 25.1 Å². The predicted molar refractivity (Wildman–Crippen MR) is 79.1 cm³/mol. The summed E-state index contributed by atoms with van der Waals surface area (Å²) in [5.74, 6) is 1.28. The van der Waals surface area contributed by atoms with Crippen molar-refractivity contribution in [2.24, 2.45) is 0 Å². The Hall–Kier alpha value is -2.50. The highest BCUT2D eigenvalue weighted by molar-refractivity contribution is 5.48. The molecule has 0 radical (unpaired) electrons. The molecule has 2 rings (SSSR count). The molecule has 6 heteroatoms. The molecule has 0 saturated heterocycles. The lowest BCUT2D eigenvalue weighted by Crippen LogP contribution is -2.31. The first-order valence-corrected chi connectivity index (χ1v) is 6.73. The fourth-order valence-corrected chi connectivity index (χ4v) is 2.20. The number of furan rings is 1. The maximum atomic E-state index is 11.3. The molecule has 2 atom stereocenters. The average Bonchev–Trinajstić information content (AvgIpc) is 3.01. The summed E-state index contributed by atoms with van der Waals surface area (Å²) < 4.78 is 10.5. The van der Waals surface area contributed by atoms with Gasteiger partial charge in [0.05, 0.1) is 13.4 Å². The summed E-state index contributed by atoms with van der Waals surface area (Å²) >= 11 is 0. The Morgan fingerprint density at radius 1 is 1.33 bits per heavy atom. The summed E-state index contributed by atoms with van der Waals surface area (Å²) in [5, 5.41) is 14.4. The number of ether oxygens (including phenoxy) is 1. The summed E-state index contributed by atoms with van der Waals surface area (Å²) in [6.07, 6.45) is 1.92. The van der Waals surface area contributed by atoms with Crippen molar-refractivity contribution in [3.63, 3.8) is 0 Å². The molecule has 21 heavy (non-hydrogen) atoms. The lowest BCUT2D eigenvalue weighted by atomic mass is 10.0. The molecule has 0 aliphatic carbocycles. The molecule has 0 aliphatic rings. The number of benzene rings is 1.